The van der Waals surface area contributed by atoms with E-state index >= 15 is 0 Å². The third-order valence-corrected chi connectivity index (χ3v) is 2.95. The Kier molecular flexibility index (Phi) is 2.11. The molecule has 2 rings (SSSR count). The summed E-state index contributed by atoms with van der Waals surface area (Å²) < 4.78 is 14.9. The van der Waals surface area contributed by atoms with Crippen LogP contribution in [0.4, 0.5) is 4.39 Å². The Hall–Kier alpha value is -1.64. The summed E-state index contributed by atoms with van der Waals surface area (Å²) in [4.78, 5) is 11.9. The van der Waals surface area contributed by atoms with Gasteiger partial charge in [-0.15, -0.1) is 0 Å². The molecule has 0 N–H and O–H groups in total. The Morgan fingerprint density at radius 3 is 2.60 bits per heavy atom. The van der Waals surface area contributed by atoms with Gasteiger partial charge in [-0.2, -0.15) is 0 Å². The lowest BCUT2D eigenvalue weighted by atomic mass is 10.1. The fourth-order valence-corrected chi connectivity index (χ4v) is 1.78. The van der Waals surface area contributed by atoms with Gasteiger partial charge in [-0.1, -0.05) is 0 Å². The number of hydrogen-bond donors (Lipinski definition) is 0. The molecule has 0 fully saturated rings. The van der Waals surface area contributed by atoms with Gasteiger partial charge in [-0.3, -0.25) is 4.79 Å². The largest absolute Gasteiger partial charge is 0.347 e. The van der Waals surface area contributed by atoms with Gasteiger partial charge in [0.05, 0.1) is 5.52 Å². The minimum absolute atomic E-state index is 0.0832. The second-order valence-corrected chi connectivity index (χ2v) is 3.76. The molecule has 15 heavy (non-hydrogen) atoms. The molecule has 0 bridgehead atoms. The van der Waals surface area contributed by atoms with Crippen LogP contribution in [0.25, 0.3) is 10.9 Å². The summed E-state index contributed by atoms with van der Waals surface area (Å²) in [6.45, 7) is 3.65. The maximum absolute atomic E-state index is 13.0. The van der Waals surface area contributed by atoms with Crippen LogP contribution in [0.15, 0.2) is 23.0 Å². The topological polar surface area (TPSA) is 22.0 Å². The molecule has 1 heterocycles. The van der Waals surface area contributed by atoms with Crippen molar-refractivity contribution in [3.8, 4) is 0 Å². The monoisotopic (exact) mass is 205 g/mol. The number of aromatic nitrogens is 1. The lowest BCUT2D eigenvalue weighted by Crippen LogP contribution is -2.14. The molecule has 0 spiro atoms. The predicted molar refractivity (Wildman–Crippen MR) is 58.6 cm³/mol. The molecular formula is C12H12FNO. The summed E-state index contributed by atoms with van der Waals surface area (Å²) in [5.74, 6) is -0.372. The summed E-state index contributed by atoms with van der Waals surface area (Å²) in [7, 11) is 1.88. The first-order valence-corrected chi connectivity index (χ1v) is 4.78. The molecule has 0 saturated carbocycles. The Bertz CT molecular complexity index is 599. The Morgan fingerprint density at radius 2 is 1.93 bits per heavy atom. The van der Waals surface area contributed by atoms with Crippen molar-refractivity contribution in [2.75, 3.05) is 0 Å². The zero-order valence-electron chi connectivity index (χ0n) is 8.97. The summed E-state index contributed by atoms with van der Waals surface area (Å²) in [5, 5.41) is 0.445. The van der Waals surface area contributed by atoms with Crippen LogP contribution in [0.2, 0.25) is 0 Å². The predicted octanol–water partition coefficient (Wildman–Crippen LogP) is 2.29. The fraction of sp³-hybridized carbons (Fsp3) is 0.250. The molecular weight excluding hydrogens is 193 g/mol. The maximum Gasteiger partial charge on any atom is 0.192 e. The molecule has 0 saturated heterocycles. The Morgan fingerprint density at radius 1 is 1.27 bits per heavy atom. The van der Waals surface area contributed by atoms with Gasteiger partial charge in [0, 0.05) is 23.7 Å². The van der Waals surface area contributed by atoms with E-state index in [0.29, 0.717) is 10.9 Å². The highest BCUT2D eigenvalue weighted by atomic mass is 19.1. The number of benzene rings is 1. The van der Waals surface area contributed by atoms with E-state index in [2.05, 4.69) is 0 Å². The summed E-state index contributed by atoms with van der Waals surface area (Å²) in [5.41, 5.74) is 2.28. The quantitative estimate of drug-likeness (QED) is 0.646. The zero-order valence-corrected chi connectivity index (χ0v) is 8.97. The van der Waals surface area contributed by atoms with Crippen LogP contribution in [0, 0.1) is 19.7 Å². The van der Waals surface area contributed by atoms with Crippen LogP contribution >= 0.6 is 0 Å². The van der Waals surface area contributed by atoms with E-state index in [-0.39, 0.29) is 11.2 Å². The molecule has 2 nitrogen and oxygen atoms in total. The third-order valence-electron chi connectivity index (χ3n) is 2.95. The smallest absolute Gasteiger partial charge is 0.192 e. The lowest BCUT2D eigenvalue weighted by molar-refractivity contribution is 0.629. The number of fused-ring (bicyclic) bond motifs is 1. The molecule has 0 atom stereocenters. The SMILES string of the molecule is Cc1c(C)n(C)c2ccc(F)cc2c1=O. The van der Waals surface area contributed by atoms with E-state index in [1.165, 1.54) is 12.1 Å². The number of pyridine rings is 1. The fourth-order valence-electron chi connectivity index (χ4n) is 1.78. The molecule has 78 valence electrons. The van der Waals surface area contributed by atoms with Crippen LogP contribution in [0.5, 0.6) is 0 Å². The first kappa shape index (κ1) is 9.90. The lowest BCUT2D eigenvalue weighted by Gasteiger charge is -2.11. The van der Waals surface area contributed by atoms with Gasteiger partial charge in [0.2, 0.25) is 0 Å². The second kappa shape index (κ2) is 3.19. The number of hydrogen-bond acceptors (Lipinski definition) is 1. The summed E-state index contributed by atoms with van der Waals surface area (Å²) in [6.07, 6.45) is 0. The van der Waals surface area contributed by atoms with E-state index in [4.69, 9.17) is 0 Å². The van der Waals surface area contributed by atoms with Crippen molar-refractivity contribution >= 4 is 10.9 Å². The van der Waals surface area contributed by atoms with Gasteiger partial charge in [-0.25, -0.2) is 4.39 Å². The molecule has 1 aromatic carbocycles. The average molecular weight is 205 g/mol. The second-order valence-electron chi connectivity index (χ2n) is 3.76. The van der Waals surface area contributed by atoms with Crippen molar-refractivity contribution in [3.63, 3.8) is 0 Å². The Balaban J connectivity index is 3.08. The highest BCUT2D eigenvalue weighted by Gasteiger charge is 2.08. The molecule has 1 aromatic heterocycles. The molecule has 0 aliphatic rings. The van der Waals surface area contributed by atoms with E-state index in [0.717, 1.165) is 11.2 Å². The van der Waals surface area contributed by atoms with Crippen LogP contribution in [0.1, 0.15) is 11.3 Å². The molecule has 0 radical (unpaired) electrons. The standard InChI is InChI=1S/C12H12FNO/c1-7-8(2)14(3)11-5-4-9(13)6-10(11)12(7)15/h4-6H,1-3H3. The molecule has 3 heteroatoms. The highest BCUT2D eigenvalue weighted by molar-refractivity contribution is 5.80. The minimum atomic E-state index is -0.372. The first-order valence-electron chi connectivity index (χ1n) is 4.78. The van der Waals surface area contributed by atoms with Crippen LogP contribution in [-0.4, -0.2) is 4.57 Å². The van der Waals surface area contributed by atoms with E-state index < -0.39 is 0 Å². The van der Waals surface area contributed by atoms with Crippen molar-refractivity contribution in [1.82, 2.24) is 4.57 Å². The normalized spacial score (nSPS) is 10.9. The van der Waals surface area contributed by atoms with Crippen LogP contribution in [-0.2, 0) is 7.05 Å². The van der Waals surface area contributed by atoms with Crippen LogP contribution in [0.3, 0.4) is 0 Å². The van der Waals surface area contributed by atoms with Crippen molar-refractivity contribution < 1.29 is 4.39 Å². The van der Waals surface area contributed by atoms with Gasteiger partial charge >= 0.3 is 0 Å². The van der Waals surface area contributed by atoms with Crippen LogP contribution < -0.4 is 5.43 Å². The Labute approximate surface area is 87.0 Å². The number of rotatable bonds is 0. The molecule has 0 amide bonds. The molecule has 0 unspecified atom stereocenters. The highest BCUT2D eigenvalue weighted by Crippen LogP contribution is 2.15. The maximum atomic E-state index is 13.0. The number of halogens is 1. The van der Waals surface area contributed by atoms with Gasteiger partial charge in [-0.05, 0) is 32.0 Å². The van der Waals surface area contributed by atoms with E-state index in [1.807, 2.05) is 18.5 Å². The summed E-state index contributed by atoms with van der Waals surface area (Å²) in [6, 6.07) is 4.30. The molecule has 0 aliphatic heterocycles. The van der Waals surface area contributed by atoms with Gasteiger partial charge in [0.25, 0.3) is 0 Å². The average Bonchev–Trinajstić information content (AvgIpc) is 2.23. The van der Waals surface area contributed by atoms with Crippen molar-refractivity contribution in [3.05, 3.63) is 45.5 Å². The minimum Gasteiger partial charge on any atom is -0.347 e. The van der Waals surface area contributed by atoms with E-state index in [1.54, 1.807) is 13.0 Å². The van der Waals surface area contributed by atoms with Gasteiger partial charge in [0.15, 0.2) is 5.43 Å². The molecule has 2 aromatic rings. The van der Waals surface area contributed by atoms with Crippen molar-refractivity contribution in [1.29, 1.82) is 0 Å². The van der Waals surface area contributed by atoms with Crippen molar-refractivity contribution in [2.45, 2.75) is 13.8 Å². The third kappa shape index (κ3) is 1.35. The number of aryl methyl sites for hydroxylation is 1. The van der Waals surface area contributed by atoms with Gasteiger partial charge < -0.3 is 4.57 Å². The van der Waals surface area contributed by atoms with E-state index in [9.17, 15) is 9.18 Å². The molecule has 0 aliphatic carbocycles. The number of nitrogens with zero attached hydrogens (tertiary/aromatic N) is 1. The zero-order chi connectivity index (χ0) is 11.2. The van der Waals surface area contributed by atoms with Crippen molar-refractivity contribution in [2.24, 2.45) is 7.05 Å². The summed E-state index contributed by atoms with van der Waals surface area (Å²) >= 11 is 0. The van der Waals surface area contributed by atoms with Gasteiger partial charge in [0.1, 0.15) is 5.82 Å². The first-order chi connectivity index (χ1) is 7.02.